The Balaban J connectivity index is 2.33. The van der Waals surface area contributed by atoms with Crippen molar-refractivity contribution in [3.05, 3.63) is 34.2 Å². The Hall–Kier alpha value is -1.89. The summed E-state index contributed by atoms with van der Waals surface area (Å²) in [6.07, 6.45) is 2.29. The van der Waals surface area contributed by atoms with Gasteiger partial charge in [-0.2, -0.15) is 0 Å². The molecule has 2 aromatic heterocycles. The van der Waals surface area contributed by atoms with Crippen LogP contribution in [0.25, 0.3) is 5.65 Å². The van der Waals surface area contributed by atoms with Crippen molar-refractivity contribution in [2.24, 2.45) is 0 Å². The number of aryl methyl sites for hydroxylation is 1. The van der Waals surface area contributed by atoms with Crippen LogP contribution in [-0.4, -0.2) is 32.9 Å². The molecule has 2 N–H and O–H groups in total. The van der Waals surface area contributed by atoms with Crippen LogP contribution in [0.5, 0.6) is 0 Å². The Morgan fingerprint density at radius 1 is 1.45 bits per heavy atom. The molecule has 2 heterocycles. The summed E-state index contributed by atoms with van der Waals surface area (Å²) in [7, 11) is 0. The molecule has 0 bridgehead atoms. The molecule has 106 valence electrons. The van der Waals surface area contributed by atoms with E-state index < -0.39 is 5.97 Å². The van der Waals surface area contributed by atoms with Gasteiger partial charge in [-0.3, -0.25) is 14.0 Å². The van der Waals surface area contributed by atoms with Gasteiger partial charge < -0.3 is 10.4 Å². The summed E-state index contributed by atoms with van der Waals surface area (Å²) in [5, 5.41) is 11.2. The van der Waals surface area contributed by atoms with E-state index in [9.17, 15) is 9.59 Å². The quantitative estimate of drug-likeness (QED) is 0.870. The van der Waals surface area contributed by atoms with Crippen LogP contribution in [0.1, 0.15) is 29.5 Å². The number of pyridine rings is 1. The summed E-state index contributed by atoms with van der Waals surface area (Å²) in [5.41, 5.74) is 1.83. The Morgan fingerprint density at radius 3 is 2.85 bits per heavy atom. The molecule has 2 aromatic rings. The zero-order valence-electron chi connectivity index (χ0n) is 10.9. The predicted molar refractivity (Wildman–Crippen MR) is 76.9 cm³/mol. The van der Waals surface area contributed by atoms with Crippen molar-refractivity contribution in [3.8, 4) is 0 Å². The number of carboxylic acid groups (broad SMARTS) is 1. The van der Waals surface area contributed by atoms with Gasteiger partial charge in [0.25, 0.3) is 5.91 Å². The second-order valence-corrected chi connectivity index (χ2v) is 5.15. The minimum absolute atomic E-state index is 0.0958. The average Bonchev–Trinajstić information content (AvgIpc) is 2.75. The molecule has 0 aliphatic heterocycles. The second-order valence-electron chi connectivity index (χ2n) is 4.24. The third-order valence-electron chi connectivity index (χ3n) is 2.83. The van der Waals surface area contributed by atoms with Crippen molar-refractivity contribution >= 4 is 33.5 Å². The van der Waals surface area contributed by atoms with E-state index in [4.69, 9.17) is 5.11 Å². The first-order chi connectivity index (χ1) is 9.52. The van der Waals surface area contributed by atoms with E-state index in [1.807, 2.05) is 19.1 Å². The monoisotopic (exact) mass is 339 g/mol. The van der Waals surface area contributed by atoms with E-state index in [0.717, 1.165) is 4.47 Å². The Labute approximate surface area is 123 Å². The summed E-state index contributed by atoms with van der Waals surface area (Å²) < 4.78 is 2.54. The van der Waals surface area contributed by atoms with Crippen LogP contribution in [0, 0.1) is 0 Å². The third-order valence-corrected chi connectivity index (χ3v) is 3.30. The minimum atomic E-state index is -0.943. The fourth-order valence-corrected chi connectivity index (χ4v) is 2.26. The molecule has 0 unspecified atom stereocenters. The number of carbonyl (C=O) groups excluding carboxylic acids is 1. The first-order valence-electron chi connectivity index (χ1n) is 6.19. The molecule has 0 saturated carbocycles. The molecular weight excluding hydrogens is 326 g/mol. The number of fused-ring (bicyclic) bond motifs is 1. The lowest BCUT2D eigenvalue weighted by molar-refractivity contribution is -0.136. The molecule has 0 aliphatic carbocycles. The fraction of sp³-hybridized carbons (Fsp3) is 0.308. The first-order valence-corrected chi connectivity index (χ1v) is 6.98. The maximum atomic E-state index is 12.2. The summed E-state index contributed by atoms with van der Waals surface area (Å²) in [4.78, 5) is 27.1. The van der Waals surface area contributed by atoms with Crippen LogP contribution in [0.2, 0.25) is 0 Å². The number of rotatable bonds is 5. The van der Waals surface area contributed by atoms with Gasteiger partial charge in [-0.1, -0.05) is 6.92 Å². The number of imidazole rings is 1. The summed E-state index contributed by atoms with van der Waals surface area (Å²) in [5.74, 6) is -1.25. The van der Waals surface area contributed by atoms with Crippen molar-refractivity contribution in [2.45, 2.75) is 19.8 Å². The van der Waals surface area contributed by atoms with E-state index >= 15 is 0 Å². The highest BCUT2D eigenvalue weighted by atomic mass is 79.9. The molecular formula is C13H14BrN3O3. The van der Waals surface area contributed by atoms with E-state index in [1.165, 1.54) is 0 Å². The molecule has 0 aliphatic rings. The van der Waals surface area contributed by atoms with E-state index in [2.05, 4.69) is 26.2 Å². The highest BCUT2D eigenvalue weighted by molar-refractivity contribution is 9.10. The number of amides is 1. The van der Waals surface area contributed by atoms with Gasteiger partial charge in [0.15, 0.2) is 0 Å². The molecule has 7 heteroatoms. The lowest BCUT2D eigenvalue weighted by Crippen LogP contribution is -2.28. The highest BCUT2D eigenvalue weighted by Gasteiger charge is 2.18. The smallest absolute Gasteiger partial charge is 0.305 e. The molecule has 0 radical (unpaired) electrons. The second kappa shape index (κ2) is 6.04. The van der Waals surface area contributed by atoms with Gasteiger partial charge in [0.1, 0.15) is 11.3 Å². The van der Waals surface area contributed by atoms with Gasteiger partial charge in [0, 0.05) is 17.2 Å². The van der Waals surface area contributed by atoms with Crippen LogP contribution < -0.4 is 5.32 Å². The van der Waals surface area contributed by atoms with Crippen molar-refractivity contribution < 1.29 is 14.7 Å². The molecule has 1 amide bonds. The van der Waals surface area contributed by atoms with Gasteiger partial charge in [0.2, 0.25) is 0 Å². The largest absolute Gasteiger partial charge is 0.481 e. The van der Waals surface area contributed by atoms with Crippen molar-refractivity contribution in [3.63, 3.8) is 0 Å². The number of nitrogens with one attached hydrogen (secondary N) is 1. The van der Waals surface area contributed by atoms with Crippen LogP contribution in [-0.2, 0) is 11.2 Å². The van der Waals surface area contributed by atoms with Crippen LogP contribution in [0.15, 0.2) is 22.8 Å². The number of hydrogen-bond donors (Lipinski definition) is 2. The minimum Gasteiger partial charge on any atom is -0.481 e. The van der Waals surface area contributed by atoms with Crippen molar-refractivity contribution in [1.82, 2.24) is 14.7 Å². The maximum Gasteiger partial charge on any atom is 0.305 e. The van der Waals surface area contributed by atoms with Crippen molar-refractivity contribution in [1.29, 1.82) is 0 Å². The standard InChI is InChI=1S/C13H14BrN3O3/c1-2-9-12(13(20)15-6-5-11(18)19)17-7-8(14)3-4-10(17)16-9/h3-4,7H,2,5-6H2,1H3,(H,15,20)(H,18,19). The van der Waals surface area contributed by atoms with Gasteiger partial charge in [-0.25, -0.2) is 4.98 Å². The SMILES string of the molecule is CCc1nc2ccc(Br)cn2c1C(=O)NCCC(=O)O. The molecule has 2 rings (SSSR count). The zero-order chi connectivity index (χ0) is 14.7. The summed E-state index contributed by atoms with van der Waals surface area (Å²) in [6, 6.07) is 3.67. The molecule has 0 aromatic carbocycles. The lowest BCUT2D eigenvalue weighted by Gasteiger charge is -2.05. The van der Waals surface area contributed by atoms with Gasteiger partial charge >= 0.3 is 5.97 Å². The molecule has 0 saturated heterocycles. The fourth-order valence-electron chi connectivity index (χ4n) is 1.92. The Bertz CT molecular complexity index is 666. The van der Waals surface area contributed by atoms with Crippen LogP contribution in [0.3, 0.4) is 0 Å². The first kappa shape index (κ1) is 14.5. The summed E-state index contributed by atoms with van der Waals surface area (Å²) in [6.45, 7) is 2.02. The number of halogens is 1. The third kappa shape index (κ3) is 2.98. The van der Waals surface area contributed by atoms with E-state index in [-0.39, 0.29) is 18.9 Å². The molecule has 0 fully saturated rings. The normalized spacial score (nSPS) is 10.7. The van der Waals surface area contributed by atoms with Gasteiger partial charge in [-0.05, 0) is 34.5 Å². The molecule has 6 nitrogen and oxygen atoms in total. The molecule has 0 spiro atoms. The maximum absolute atomic E-state index is 12.2. The van der Waals surface area contributed by atoms with Crippen LogP contribution >= 0.6 is 15.9 Å². The number of nitrogens with zero attached hydrogens (tertiary/aromatic N) is 2. The predicted octanol–water partition coefficient (Wildman–Crippen LogP) is 1.86. The zero-order valence-corrected chi connectivity index (χ0v) is 12.5. The molecule has 20 heavy (non-hydrogen) atoms. The van der Waals surface area contributed by atoms with Gasteiger partial charge in [-0.15, -0.1) is 0 Å². The molecule has 0 atom stereocenters. The number of aliphatic carboxylic acids is 1. The van der Waals surface area contributed by atoms with E-state index in [1.54, 1.807) is 10.6 Å². The topological polar surface area (TPSA) is 83.7 Å². The summed E-state index contributed by atoms with van der Waals surface area (Å²) >= 11 is 3.36. The Morgan fingerprint density at radius 2 is 2.20 bits per heavy atom. The van der Waals surface area contributed by atoms with E-state index in [0.29, 0.717) is 23.5 Å². The number of carboxylic acids is 1. The Kier molecular flexibility index (Phi) is 4.39. The van der Waals surface area contributed by atoms with Crippen molar-refractivity contribution in [2.75, 3.05) is 6.54 Å². The number of aromatic nitrogens is 2. The van der Waals surface area contributed by atoms with Crippen LogP contribution in [0.4, 0.5) is 0 Å². The number of carbonyl (C=O) groups is 2. The average molecular weight is 340 g/mol. The van der Waals surface area contributed by atoms with Gasteiger partial charge in [0.05, 0.1) is 12.1 Å². The highest BCUT2D eigenvalue weighted by Crippen LogP contribution is 2.17. The number of hydrogen-bond acceptors (Lipinski definition) is 3. The lowest BCUT2D eigenvalue weighted by atomic mass is 10.2.